The average Bonchev–Trinajstić information content (AvgIpc) is 2.81. The van der Waals surface area contributed by atoms with Crippen LogP contribution in [0.15, 0.2) is 18.2 Å². The highest BCUT2D eigenvalue weighted by atomic mass is 16.3. The molecule has 4 heteroatoms. The second-order valence-corrected chi connectivity index (χ2v) is 5.01. The van der Waals surface area contributed by atoms with E-state index in [9.17, 15) is 15.0 Å². The minimum atomic E-state index is -0.322. The van der Waals surface area contributed by atoms with Gasteiger partial charge < -0.3 is 15.1 Å². The summed E-state index contributed by atoms with van der Waals surface area (Å²) in [4.78, 5) is 13.8. The number of amides is 1. The van der Waals surface area contributed by atoms with Gasteiger partial charge in [0.25, 0.3) is 5.91 Å². The van der Waals surface area contributed by atoms with Crippen LogP contribution in [-0.4, -0.2) is 34.6 Å². The highest BCUT2D eigenvalue weighted by molar-refractivity contribution is 5.99. The number of phenols is 2. The lowest BCUT2D eigenvalue weighted by atomic mass is 10.1. The largest absolute Gasteiger partial charge is 0.507 e. The van der Waals surface area contributed by atoms with Crippen LogP contribution in [0.1, 0.15) is 36.0 Å². The Kier molecular flexibility index (Phi) is 3.75. The molecule has 1 saturated carbocycles. The number of nitrogens with zero attached hydrogens (tertiary/aromatic N) is 1. The number of benzene rings is 1. The van der Waals surface area contributed by atoms with Crippen LogP contribution in [0.5, 0.6) is 11.5 Å². The zero-order chi connectivity index (χ0) is 13.1. The SMILES string of the molecule is CN(CC1CCCC1)C(=O)c1c(O)cccc1O. The Hall–Kier alpha value is -1.71. The Morgan fingerprint density at radius 2 is 1.83 bits per heavy atom. The number of hydrogen-bond donors (Lipinski definition) is 2. The summed E-state index contributed by atoms with van der Waals surface area (Å²) in [5.41, 5.74) is -0.00185. The Labute approximate surface area is 107 Å². The molecule has 1 fully saturated rings. The number of carbonyl (C=O) groups is 1. The summed E-state index contributed by atoms with van der Waals surface area (Å²) in [6, 6.07) is 4.34. The van der Waals surface area contributed by atoms with E-state index in [1.165, 1.54) is 31.0 Å². The van der Waals surface area contributed by atoms with Crippen LogP contribution in [0.2, 0.25) is 0 Å². The topological polar surface area (TPSA) is 60.8 Å². The fourth-order valence-corrected chi connectivity index (χ4v) is 2.60. The van der Waals surface area contributed by atoms with Crippen LogP contribution in [-0.2, 0) is 0 Å². The Morgan fingerprint density at radius 3 is 2.39 bits per heavy atom. The van der Waals surface area contributed by atoms with Crippen LogP contribution in [0, 0.1) is 5.92 Å². The van der Waals surface area contributed by atoms with Gasteiger partial charge in [-0.2, -0.15) is 0 Å². The van der Waals surface area contributed by atoms with Crippen LogP contribution in [0.25, 0.3) is 0 Å². The molecule has 98 valence electrons. The van der Waals surface area contributed by atoms with Gasteiger partial charge in [0.2, 0.25) is 0 Å². The summed E-state index contributed by atoms with van der Waals surface area (Å²) in [5.74, 6) is -0.110. The predicted octanol–water partition coefficient (Wildman–Crippen LogP) is 2.36. The van der Waals surface area contributed by atoms with Crippen LogP contribution in [0.4, 0.5) is 0 Å². The quantitative estimate of drug-likeness (QED) is 0.864. The standard InChI is InChI=1S/C14H19NO3/c1-15(9-10-5-2-3-6-10)14(18)13-11(16)7-4-8-12(13)17/h4,7-8,10,16-17H,2-3,5-6,9H2,1H3. The van der Waals surface area contributed by atoms with Gasteiger partial charge in [0.1, 0.15) is 17.1 Å². The molecule has 2 N–H and O–H groups in total. The highest BCUT2D eigenvalue weighted by Crippen LogP contribution is 2.29. The van der Waals surface area contributed by atoms with Crippen molar-refractivity contribution in [1.82, 2.24) is 4.90 Å². The molecule has 1 aromatic carbocycles. The number of hydrogen-bond acceptors (Lipinski definition) is 3. The molecule has 1 aliphatic carbocycles. The average molecular weight is 249 g/mol. The second-order valence-electron chi connectivity index (χ2n) is 5.01. The summed E-state index contributed by atoms with van der Waals surface area (Å²) in [6.45, 7) is 0.687. The molecule has 0 atom stereocenters. The first kappa shape index (κ1) is 12.7. The number of rotatable bonds is 3. The van der Waals surface area contributed by atoms with Gasteiger partial charge in [-0.1, -0.05) is 18.9 Å². The summed E-state index contributed by atoms with van der Waals surface area (Å²) in [6.07, 6.45) is 4.78. The van der Waals surface area contributed by atoms with E-state index in [0.29, 0.717) is 12.5 Å². The van der Waals surface area contributed by atoms with E-state index in [1.807, 2.05) is 0 Å². The van der Waals surface area contributed by atoms with E-state index in [4.69, 9.17) is 0 Å². The van der Waals surface area contributed by atoms with Gasteiger partial charge in [-0.25, -0.2) is 0 Å². The van der Waals surface area contributed by atoms with E-state index in [-0.39, 0.29) is 23.0 Å². The van der Waals surface area contributed by atoms with Gasteiger partial charge in [0.05, 0.1) is 0 Å². The van der Waals surface area contributed by atoms with Gasteiger partial charge in [0, 0.05) is 13.6 Å². The summed E-state index contributed by atoms with van der Waals surface area (Å²) < 4.78 is 0. The van der Waals surface area contributed by atoms with E-state index in [2.05, 4.69) is 0 Å². The summed E-state index contributed by atoms with van der Waals surface area (Å²) >= 11 is 0. The Balaban J connectivity index is 2.10. The van der Waals surface area contributed by atoms with Crippen molar-refractivity contribution in [2.24, 2.45) is 5.92 Å². The van der Waals surface area contributed by atoms with Crippen LogP contribution >= 0.6 is 0 Å². The fourth-order valence-electron chi connectivity index (χ4n) is 2.60. The molecule has 0 spiro atoms. The van der Waals surface area contributed by atoms with Crippen molar-refractivity contribution in [2.45, 2.75) is 25.7 Å². The lowest BCUT2D eigenvalue weighted by Gasteiger charge is -2.21. The number of aromatic hydroxyl groups is 2. The van der Waals surface area contributed by atoms with E-state index < -0.39 is 0 Å². The van der Waals surface area contributed by atoms with Gasteiger partial charge in [-0.3, -0.25) is 4.79 Å². The zero-order valence-corrected chi connectivity index (χ0v) is 10.6. The van der Waals surface area contributed by atoms with Gasteiger partial charge in [-0.05, 0) is 30.9 Å². The van der Waals surface area contributed by atoms with Crippen molar-refractivity contribution >= 4 is 5.91 Å². The molecule has 1 aromatic rings. The monoisotopic (exact) mass is 249 g/mol. The minimum Gasteiger partial charge on any atom is -0.507 e. The molecule has 4 nitrogen and oxygen atoms in total. The molecule has 0 bridgehead atoms. The molecule has 0 unspecified atom stereocenters. The lowest BCUT2D eigenvalue weighted by molar-refractivity contribution is 0.0767. The summed E-state index contributed by atoms with van der Waals surface area (Å²) in [5, 5.41) is 19.3. The molecular weight excluding hydrogens is 230 g/mol. The molecule has 2 rings (SSSR count). The molecule has 0 saturated heterocycles. The second kappa shape index (κ2) is 5.29. The molecule has 0 radical (unpaired) electrons. The summed E-state index contributed by atoms with van der Waals surface area (Å²) in [7, 11) is 1.71. The molecule has 0 aliphatic heterocycles. The molecule has 0 heterocycles. The first-order chi connectivity index (χ1) is 8.59. The Morgan fingerprint density at radius 1 is 1.28 bits per heavy atom. The smallest absolute Gasteiger partial charge is 0.261 e. The molecule has 1 aliphatic rings. The highest BCUT2D eigenvalue weighted by Gasteiger charge is 2.23. The van der Waals surface area contributed by atoms with Crippen molar-refractivity contribution in [2.75, 3.05) is 13.6 Å². The van der Waals surface area contributed by atoms with Crippen molar-refractivity contribution in [3.63, 3.8) is 0 Å². The van der Waals surface area contributed by atoms with Crippen LogP contribution in [0.3, 0.4) is 0 Å². The maximum absolute atomic E-state index is 12.2. The molecule has 18 heavy (non-hydrogen) atoms. The van der Waals surface area contributed by atoms with Gasteiger partial charge >= 0.3 is 0 Å². The minimum absolute atomic E-state index is 0.00185. The third kappa shape index (κ3) is 2.58. The number of carbonyl (C=O) groups excluding carboxylic acids is 1. The van der Waals surface area contributed by atoms with Gasteiger partial charge in [-0.15, -0.1) is 0 Å². The normalized spacial score (nSPS) is 15.8. The van der Waals surface area contributed by atoms with E-state index >= 15 is 0 Å². The van der Waals surface area contributed by atoms with Crippen molar-refractivity contribution < 1.29 is 15.0 Å². The van der Waals surface area contributed by atoms with E-state index in [0.717, 1.165) is 12.8 Å². The fraction of sp³-hybridized carbons (Fsp3) is 0.500. The third-order valence-corrected chi connectivity index (χ3v) is 3.59. The third-order valence-electron chi connectivity index (χ3n) is 3.59. The maximum atomic E-state index is 12.2. The molecule has 1 amide bonds. The maximum Gasteiger partial charge on any atom is 0.261 e. The van der Waals surface area contributed by atoms with Crippen molar-refractivity contribution in [3.05, 3.63) is 23.8 Å². The van der Waals surface area contributed by atoms with Crippen LogP contribution < -0.4 is 0 Å². The number of phenolic OH excluding ortho intramolecular Hbond substituents is 2. The first-order valence-corrected chi connectivity index (χ1v) is 6.36. The van der Waals surface area contributed by atoms with Crippen molar-refractivity contribution in [3.8, 4) is 11.5 Å². The molecular formula is C14H19NO3. The van der Waals surface area contributed by atoms with Gasteiger partial charge in [0.15, 0.2) is 0 Å². The first-order valence-electron chi connectivity index (χ1n) is 6.36. The zero-order valence-electron chi connectivity index (χ0n) is 10.6. The molecule has 0 aromatic heterocycles. The lowest BCUT2D eigenvalue weighted by Crippen LogP contribution is -2.31. The Bertz CT molecular complexity index is 418. The predicted molar refractivity (Wildman–Crippen MR) is 68.7 cm³/mol. The van der Waals surface area contributed by atoms with E-state index in [1.54, 1.807) is 11.9 Å². The van der Waals surface area contributed by atoms with Crippen molar-refractivity contribution in [1.29, 1.82) is 0 Å².